The van der Waals surface area contributed by atoms with Crippen LogP contribution in [0, 0.1) is 12.3 Å². The molecule has 2 heterocycles. The second kappa shape index (κ2) is 10.8. The van der Waals surface area contributed by atoms with E-state index in [0.717, 1.165) is 42.8 Å². The molecule has 2 aliphatic rings. The summed E-state index contributed by atoms with van der Waals surface area (Å²) in [5.41, 5.74) is 10.0. The molecule has 0 bridgehead atoms. The Bertz CT molecular complexity index is 1300. The lowest BCUT2D eigenvalue weighted by Gasteiger charge is -2.25. The number of anilines is 2. The third-order valence-corrected chi connectivity index (χ3v) is 7.37. The first kappa shape index (κ1) is 25.7. The molecule has 9 heteroatoms. The summed E-state index contributed by atoms with van der Waals surface area (Å²) in [7, 11) is 1.62. The highest BCUT2D eigenvalue weighted by atomic mass is 16.5. The molecule has 5 rings (SSSR count). The van der Waals surface area contributed by atoms with Gasteiger partial charge in [0.05, 0.1) is 18.8 Å². The lowest BCUT2D eigenvalue weighted by Crippen LogP contribution is -2.44. The van der Waals surface area contributed by atoms with E-state index in [1.54, 1.807) is 7.11 Å². The van der Waals surface area contributed by atoms with Gasteiger partial charge in [0, 0.05) is 37.5 Å². The number of carbonyl (C=O) groups excluding carboxylic acids is 2. The summed E-state index contributed by atoms with van der Waals surface area (Å²) < 4.78 is 5.07. The first-order chi connectivity index (χ1) is 18.4. The van der Waals surface area contributed by atoms with Crippen LogP contribution in [0.5, 0.6) is 0 Å². The van der Waals surface area contributed by atoms with E-state index in [9.17, 15) is 9.59 Å². The number of nitrogens with two attached hydrogens (primary N) is 1. The average Bonchev–Trinajstić information content (AvgIpc) is 3.57. The maximum Gasteiger partial charge on any atom is 0.251 e. The Morgan fingerprint density at radius 3 is 2.39 bits per heavy atom. The van der Waals surface area contributed by atoms with Gasteiger partial charge in [-0.3, -0.25) is 9.59 Å². The summed E-state index contributed by atoms with van der Waals surface area (Å²) in [6.45, 7) is 3.86. The summed E-state index contributed by atoms with van der Waals surface area (Å²) in [6.07, 6.45) is 3.10. The second-order valence-electron chi connectivity index (χ2n) is 10.3. The van der Waals surface area contributed by atoms with Gasteiger partial charge in [-0.25, -0.2) is 9.97 Å². The molecule has 2 fully saturated rings. The van der Waals surface area contributed by atoms with Crippen molar-refractivity contribution >= 4 is 23.3 Å². The summed E-state index contributed by atoms with van der Waals surface area (Å²) in [4.78, 5) is 37.1. The van der Waals surface area contributed by atoms with Crippen LogP contribution in [0.25, 0.3) is 11.1 Å². The molecule has 0 radical (unpaired) electrons. The number of nitrogens with zero attached hydrogens (tertiary/aromatic N) is 3. The van der Waals surface area contributed by atoms with E-state index in [4.69, 9.17) is 10.5 Å². The standard InChI is InChI=1S/C29H34N6O3/c1-19-33-24(17-32-27(36)22-5-3-20(4-6-22)21-7-9-23(30)10-8-21)15-26(34-19)35-18-29(11-12-29)16-25(35)28(37)31-13-14-38-2/h3-10,15,25H,11-14,16-18,30H2,1-2H3,(H,31,37)(H,32,36)/t25-/m0/s1. The van der Waals surface area contributed by atoms with Crippen LogP contribution in [-0.2, 0) is 16.1 Å². The maximum atomic E-state index is 13.0. The van der Waals surface area contributed by atoms with E-state index in [0.29, 0.717) is 35.9 Å². The quantitative estimate of drug-likeness (QED) is 0.296. The third-order valence-electron chi connectivity index (χ3n) is 7.37. The number of amides is 2. The number of nitrogens with one attached hydrogen (secondary N) is 2. The predicted molar refractivity (Wildman–Crippen MR) is 147 cm³/mol. The molecular formula is C29H34N6O3. The van der Waals surface area contributed by atoms with Gasteiger partial charge in [-0.05, 0) is 67.0 Å². The lowest BCUT2D eigenvalue weighted by atomic mass is 10.0. The Kier molecular flexibility index (Phi) is 7.28. The van der Waals surface area contributed by atoms with E-state index >= 15 is 0 Å². The van der Waals surface area contributed by atoms with Crippen molar-refractivity contribution in [1.29, 1.82) is 0 Å². The Balaban J connectivity index is 1.25. The monoisotopic (exact) mass is 514 g/mol. The zero-order valence-corrected chi connectivity index (χ0v) is 21.9. The normalized spacial score (nSPS) is 17.4. The van der Waals surface area contributed by atoms with Crippen LogP contribution in [-0.4, -0.2) is 54.6 Å². The van der Waals surface area contributed by atoms with Crippen molar-refractivity contribution < 1.29 is 14.3 Å². The molecule has 1 atom stereocenters. The van der Waals surface area contributed by atoms with Crippen LogP contribution in [0.3, 0.4) is 0 Å². The smallest absolute Gasteiger partial charge is 0.251 e. The molecule has 0 unspecified atom stereocenters. The molecule has 2 aromatic carbocycles. The molecular weight excluding hydrogens is 480 g/mol. The van der Waals surface area contributed by atoms with Gasteiger partial charge in [0.1, 0.15) is 17.7 Å². The van der Waals surface area contributed by atoms with Gasteiger partial charge < -0.3 is 26.0 Å². The maximum absolute atomic E-state index is 13.0. The zero-order valence-electron chi connectivity index (χ0n) is 21.9. The minimum absolute atomic E-state index is 0.000592. The molecule has 9 nitrogen and oxygen atoms in total. The second-order valence-corrected chi connectivity index (χ2v) is 10.3. The Morgan fingerprint density at radius 1 is 1.05 bits per heavy atom. The number of methoxy groups -OCH3 is 1. The fourth-order valence-corrected chi connectivity index (χ4v) is 5.08. The number of carbonyl (C=O) groups is 2. The number of hydrogen-bond donors (Lipinski definition) is 3. The Hall–Kier alpha value is -3.98. The molecule has 3 aromatic rings. The molecule has 198 valence electrons. The van der Waals surface area contributed by atoms with Gasteiger partial charge in [-0.15, -0.1) is 0 Å². The van der Waals surface area contributed by atoms with Crippen molar-refractivity contribution in [3.63, 3.8) is 0 Å². The number of aryl methyl sites for hydroxylation is 1. The molecule has 2 amide bonds. The summed E-state index contributed by atoms with van der Waals surface area (Å²) in [6, 6.07) is 16.7. The van der Waals surface area contributed by atoms with E-state index in [-0.39, 0.29) is 29.8 Å². The summed E-state index contributed by atoms with van der Waals surface area (Å²) in [5, 5.41) is 5.95. The number of hydrogen-bond acceptors (Lipinski definition) is 7. The topological polar surface area (TPSA) is 122 Å². The Labute approximate surface area is 222 Å². The van der Waals surface area contributed by atoms with Crippen molar-refractivity contribution in [2.45, 2.75) is 38.8 Å². The van der Waals surface area contributed by atoms with Crippen molar-refractivity contribution in [3.05, 3.63) is 71.7 Å². The predicted octanol–water partition coefficient (Wildman–Crippen LogP) is 3.09. The van der Waals surface area contributed by atoms with Crippen LogP contribution < -0.4 is 21.3 Å². The fraction of sp³-hybridized carbons (Fsp3) is 0.379. The number of ether oxygens (including phenoxy) is 1. The summed E-state index contributed by atoms with van der Waals surface area (Å²) >= 11 is 0. The molecule has 1 aliphatic heterocycles. The molecule has 4 N–H and O–H groups in total. The molecule has 1 spiro atoms. The van der Waals surface area contributed by atoms with Gasteiger partial charge in [-0.2, -0.15) is 0 Å². The van der Waals surface area contributed by atoms with Crippen LogP contribution >= 0.6 is 0 Å². The fourth-order valence-electron chi connectivity index (χ4n) is 5.08. The minimum atomic E-state index is -0.273. The van der Waals surface area contributed by atoms with Gasteiger partial charge in [-0.1, -0.05) is 24.3 Å². The van der Waals surface area contributed by atoms with Crippen LogP contribution in [0.1, 0.15) is 41.1 Å². The van der Waals surface area contributed by atoms with Crippen LogP contribution in [0.4, 0.5) is 11.5 Å². The van der Waals surface area contributed by atoms with Crippen molar-refractivity contribution in [2.24, 2.45) is 5.41 Å². The molecule has 38 heavy (non-hydrogen) atoms. The van der Waals surface area contributed by atoms with Gasteiger partial charge in [0.25, 0.3) is 5.91 Å². The van der Waals surface area contributed by atoms with E-state index in [1.165, 1.54) is 0 Å². The first-order valence-electron chi connectivity index (χ1n) is 13.0. The summed E-state index contributed by atoms with van der Waals surface area (Å²) in [5.74, 6) is 1.15. The number of nitrogen functional groups attached to an aromatic ring is 1. The third kappa shape index (κ3) is 5.78. The lowest BCUT2D eigenvalue weighted by molar-refractivity contribution is -0.122. The molecule has 1 aromatic heterocycles. The SMILES string of the molecule is COCCNC(=O)[C@@H]1CC2(CC2)CN1c1cc(CNC(=O)c2ccc(-c3ccc(N)cc3)cc2)nc(C)n1. The van der Waals surface area contributed by atoms with Crippen molar-refractivity contribution in [2.75, 3.05) is 37.4 Å². The van der Waals surface area contributed by atoms with Crippen LogP contribution in [0.2, 0.25) is 0 Å². The Morgan fingerprint density at radius 2 is 1.74 bits per heavy atom. The number of rotatable bonds is 9. The van der Waals surface area contributed by atoms with Crippen molar-refractivity contribution in [3.8, 4) is 11.1 Å². The van der Waals surface area contributed by atoms with Crippen molar-refractivity contribution in [1.82, 2.24) is 20.6 Å². The highest BCUT2D eigenvalue weighted by Crippen LogP contribution is 2.55. The highest BCUT2D eigenvalue weighted by Gasteiger charge is 2.54. The molecule has 1 saturated heterocycles. The largest absolute Gasteiger partial charge is 0.399 e. The van der Waals surface area contributed by atoms with E-state index in [1.807, 2.05) is 61.5 Å². The number of benzene rings is 2. The number of aromatic nitrogens is 2. The van der Waals surface area contributed by atoms with E-state index in [2.05, 4.69) is 25.5 Å². The zero-order chi connectivity index (χ0) is 26.7. The molecule has 1 saturated carbocycles. The van der Waals surface area contributed by atoms with E-state index < -0.39 is 0 Å². The first-order valence-corrected chi connectivity index (χ1v) is 13.0. The van der Waals surface area contributed by atoms with Crippen LogP contribution in [0.15, 0.2) is 54.6 Å². The molecule has 1 aliphatic carbocycles. The van der Waals surface area contributed by atoms with Gasteiger partial charge in [0.2, 0.25) is 5.91 Å². The minimum Gasteiger partial charge on any atom is -0.399 e. The van der Waals surface area contributed by atoms with Gasteiger partial charge >= 0.3 is 0 Å². The van der Waals surface area contributed by atoms with Gasteiger partial charge in [0.15, 0.2) is 0 Å². The highest BCUT2D eigenvalue weighted by molar-refractivity contribution is 5.94. The average molecular weight is 515 g/mol.